The molecule has 0 fully saturated rings. The molecule has 0 aliphatic rings. The molecule has 22 heavy (non-hydrogen) atoms. The lowest BCUT2D eigenvalue weighted by atomic mass is 10.2. The van der Waals surface area contributed by atoms with E-state index in [9.17, 15) is 21.6 Å². The predicted octanol–water partition coefficient (Wildman–Crippen LogP) is 3.94. The second kappa shape index (κ2) is 6.57. The first kappa shape index (κ1) is 17.3. The van der Waals surface area contributed by atoms with Crippen LogP contribution in [0.5, 0.6) is 0 Å². The van der Waals surface area contributed by atoms with Crippen LogP contribution in [0.1, 0.15) is 10.4 Å². The largest absolute Gasteiger partial charge is 0.416 e. The second-order valence-corrected chi connectivity index (χ2v) is 7.54. The van der Waals surface area contributed by atoms with E-state index < -0.39 is 26.7 Å². The molecule has 2 aromatic rings. The average Bonchev–Trinajstić information content (AvgIpc) is 2.90. The highest BCUT2D eigenvalue weighted by atomic mass is 35.5. The minimum absolute atomic E-state index is 0.0788. The van der Waals surface area contributed by atoms with Crippen LogP contribution in [0, 0.1) is 0 Å². The minimum atomic E-state index is -4.63. The van der Waals surface area contributed by atoms with E-state index in [1.165, 1.54) is 11.3 Å². The number of benzene rings is 1. The molecule has 1 aromatic heterocycles. The Labute approximate surface area is 134 Å². The van der Waals surface area contributed by atoms with Crippen molar-refractivity contribution in [1.29, 1.82) is 0 Å². The van der Waals surface area contributed by atoms with E-state index in [1.807, 2.05) is 17.5 Å². The number of nitrogens with one attached hydrogen (secondary N) is 1. The van der Waals surface area contributed by atoms with Crippen LogP contribution in [0.3, 0.4) is 0 Å². The normalized spacial score (nSPS) is 12.5. The van der Waals surface area contributed by atoms with Crippen LogP contribution in [0.25, 0.3) is 0 Å². The third-order valence-electron chi connectivity index (χ3n) is 2.79. The summed E-state index contributed by atoms with van der Waals surface area (Å²) in [6, 6.07) is 5.88. The Bertz CT molecular complexity index is 743. The van der Waals surface area contributed by atoms with Gasteiger partial charge in [0.05, 0.1) is 10.6 Å². The van der Waals surface area contributed by atoms with Crippen LogP contribution in [-0.4, -0.2) is 15.0 Å². The lowest BCUT2D eigenvalue weighted by Crippen LogP contribution is -2.26. The molecule has 1 N–H and O–H groups in total. The molecule has 0 bridgehead atoms. The van der Waals surface area contributed by atoms with E-state index in [2.05, 4.69) is 4.72 Å². The third kappa shape index (κ3) is 4.22. The Morgan fingerprint density at radius 2 is 1.95 bits per heavy atom. The zero-order valence-corrected chi connectivity index (χ0v) is 13.4. The molecule has 0 amide bonds. The summed E-state index contributed by atoms with van der Waals surface area (Å²) in [5, 5.41) is 1.60. The summed E-state index contributed by atoms with van der Waals surface area (Å²) in [6.07, 6.45) is -4.18. The van der Waals surface area contributed by atoms with Gasteiger partial charge in [-0.05, 0) is 36.1 Å². The van der Waals surface area contributed by atoms with Gasteiger partial charge in [-0.2, -0.15) is 13.2 Å². The van der Waals surface area contributed by atoms with Gasteiger partial charge in [-0.15, -0.1) is 11.3 Å². The Kier molecular flexibility index (Phi) is 5.16. The smallest absolute Gasteiger partial charge is 0.211 e. The van der Waals surface area contributed by atoms with Gasteiger partial charge >= 0.3 is 6.18 Å². The number of sulfonamides is 1. The van der Waals surface area contributed by atoms with Crippen LogP contribution in [-0.2, 0) is 22.6 Å². The Balaban J connectivity index is 2.18. The molecule has 0 unspecified atom stereocenters. The number of alkyl halides is 3. The zero-order valence-electron chi connectivity index (χ0n) is 11.0. The Hall–Kier alpha value is -1.09. The van der Waals surface area contributed by atoms with Crippen molar-refractivity contribution >= 4 is 33.0 Å². The number of rotatable bonds is 5. The van der Waals surface area contributed by atoms with Gasteiger partial charge in [-0.25, -0.2) is 13.1 Å². The maximum Gasteiger partial charge on any atom is 0.416 e. The van der Waals surface area contributed by atoms with Crippen LogP contribution in [0.2, 0.25) is 5.02 Å². The molecule has 120 valence electrons. The van der Waals surface area contributed by atoms with E-state index in [0.717, 1.165) is 17.0 Å². The predicted molar refractivity (Wildman–Crippen MR) is 79.7 cm³/mol. The highest BCUT2D eigenvalue weighted by Crippen LogP contribution is 2.33. The van der Waals surface area contributed by atoms with Crippen molar-refractivity contribution in [2.75, 3.05) is 6.54 Å². The molecule has 1 aromatic carbocycles. The third-order valence-corrected chi connectivity index (χ3v) is 5.67. The Morgan fingerprint density at radius 1 is 1.23 bits per heavy atom. The first-order chi connectivity index (χ1) is 10.2. The van der Waals surface area contributed by atoms with Crippen LogP contribution >= 0.6 is 22.9 Å². The molecule has 0 saturated heterocycles. The molecule has 9 heteroatoms. The summed E-state index contributed by atoms with van der Waals surface area (Å²) in [7, 11) is -4.10. The van der Waals surface area contributed by atoms with Crippen LogP contribution in [0.15, 0.2) is 40.6 Å². The molecule has 2 rings (SSSR count). The van der Waals surface area contributed by atoms with E-state index in [4.69, 9.17) is 11.6 Å². The fourth-order valence-electron chi connectivity index (χ4n) is 1.73. The van der Waals surface area contributed by atoms with Crippen molar-refractivity contribution < 1.29 is 21.6 Å². The fraction of sp³-hybridized carbons (Fsp3) is 0.231. The van der Waals surface area contributed by atoms with Crippen molar-refractivity contribution in [2.45, 2.75) is 17.5 Å². The van der Waals surface area contributed by atoms with Crippen molar-refractivity contribution in [1.82, 2.24) is 4.72 Å². The summed E-state index contributed by atoms with van der Waals surface area (Å²) in [5.74, 6) is 0. The molecule has 0 atom stereocenters. The van der Waals surface area contributed by atoms with Crippen molar-refractivity contribution in [3.63, 3.8) is 0 Å². The SMILES string of the molecule is O=S(=O)(NCCc1cccs1)c1cc(C(F)(F)F)ccc1Cl. The molecular weight excluding hydrogens is 359 g/mol. The number of halogens is 4. The summed E-state index contributed by atoms with van der Waals surface area (Å²) in [6.45, 7) is 0.0788. The van der Waals surface area contributed by atoms with Crippen LogP contribution in [0.4, 0.5) is 13.2 Å². The van der Waals surface area contributed by atoms with Crippen LogP contribution < -0.4 is 4.72 Å². The van der Waals surface area contributed by atoms with E-state index >= 15 is 0 Å². The lowest BCUT2D eigenvalue weighted by molar-refractivity contribution is -0.137. The van der Waals surface area contributed by atoms with Crippen molar-refractivity contribution in [3.8, 4) is 0 Å². The molecule has 1 heterocycles. The van der Waals surface area contributed by atoms with Gasteiger partial charge in [0.1, 0.15) is 4.90 Å². The van der Waals surface area contributed by atoms with E-state index in [0.29, 0.717) is 12.5 Å². The maximum atomic E-state index is 12.7. The minimum Gasteiger partial charge on any atom is -0.211 e. The molecule has 0 spiro atoms. The second-order valence-electron chi connectivity index (χ2n) is 4.37. The molecule has 0 aliphatic heterocycles. The molecular formula is C13H11ClF3NO2S2. The van der Waals surface area contributed by atoms with Gasteiger partial charge in [0.2, 0.25) is 10.0 Å². The molecule has 0 saturated carbocycles. The maximum absolute atomic E-state index is 12.7. The fourth-order valence-corrected chi connectivity index (χ4v) is 3.99. The quantitative estimate of drug-likeness (QED) is 0.867. The zero-order chi connectivity index (χ0) is 16.4. The van der Waals surface area contributed by atoms with Gasteiger partial charge in [0.25, 0.3) is 0 Å². The first-order valence-electron chi connectivity index (χ1n) is 6.09. The van der Waals surface area contributed by atoms with Gasteiger partial charge in [-0.3, -0.25) is 0 Å². The van der Waals surface area contributed by atoms with Crippen molar-refractivity contribution in [3.05, 3.63) is 51.2 Å². The monoisotopic (exact) mass is 369 g/mol. The molecule has 0 aliphatic carbocycles. The lowest BCUT2D eigenvalue weighted by Gasteiger charge is -2.11. The van der Waals surface area contributed by atoms with Gasteiger partial charge in [0.15, 0.2) is 0 Å². The van der Waals surface area contributed by atoms with E-state index in [1.54, 1.807) is 0 Å². The first-order valence-corrected chi connectivity index (χ1v) is 8.83. The van der Waals surface area contributed by atoms with Gasteiger partial charge in [-0.1, -0.05) is 17.7 Å². The number of hydrogen-bond donors (Lipinski definition) is 1. The number of hydrogen-bond acceptors (Lipinski definition) is 3. The Morgan fingerprint density at radius 3 is 2.55 bits per heavy atom. The van der Waals surface area contributed by atoms with Gasteiger partial charge in [0, 0.05) is 11.4 Å². The van der Waals surface area contributed by atoms with Gasteiger partial charge < -0.3 is 0 Å². The summed E-state index contributed by atoms with van der Waals surface area (Å²) < 4.78 is 64.5. The van der Waals surface area contributed by atoms with Crippen molar-refractivity contribution in [2.24, 2.45) is 0 Å². The highest BCUT2D eigenvalue weighted by molar-refractivity contribution is 7.89. The summed E-state index contributed by atoms with van der Waals surface area (Å²) in [4.78, 5) is 0.396. The average molecular weight is 370 g/mol. The molecule has 0 radical (unpaired) electrons. The topological polar surface area (TPSA) is 46.2 Å². The number of thiophene rings is 1. The highest BCUT2D eigenvalue weighted by Gasteiger charge is 2.32. The van der Waals surface area contributed by atoms with E-state index in [-0.39, 0.29) is 11.6 Å². The standard InChI is InChI=1S/C13H11ClF3NO2S2/c14-11-4-3-9(13(15,16)17)8-12(11)22(19,20)18-6-5-10-2-1-7-21-10/h1-4,7-8,18H,5-6H2. The molecule has 3 nitrogen and oxygen atoms in total. The summed E-state index contributed by atoms with van der Waals surface area (Å²) in [5.41, 5.74) is -1.06. The summed E-state index contributed by atoms with van der Waals surface area (Å²) >= 11 is 7.19.